The molecule has 3 aromatic carbocycles. The van der Waals surface area contributed by atoms with Crippen molar-refractivity contribution in [1.29, 1.82) is 0 Å². The van der Waals surface area contributed by atoms with E-state index < -0.39 is 26.0 Å². The molecule has 3 rings (SSSR count). The Morgan fingerprint density at radius 3 is 2.09 bits per heavy atom. The lowest BCUT2D eigenvalue weighted by Gasteiger charge is -2.12. The topological polar surface area (TPSA) is 121 Å². The summed E-state index contributed by atoms with van der Waals surface area (Å²) in [7, 11) is -7.52. The maximum Gasteiger partial charge on any atom is 0.261 e. The highest BCUT2D eigenvalue weighted by Crippen LogP contribution is 2.28. The number of carbonyl (C=O) groups excluding carboxylic acids is 1. The highest BCUT2D eigenvalue weighted by molar-refractivity contribution is 7.92. The lowest BCUT2D eigenvalue weighted by atomic mass is 10.1. The molecule has 0 aromatic heterocycles. The molecule has 0 aliphatic rings. The molecule has 3 N–H and O–H groups in total. The number of rotatable bonds is 7. The van der Waals surface area contributed by atoms with Crippen LogP contribution in [0.15, 0.2) is 71.6 Å². The largest absolute Gasteiger partial charge is 0.322 e. The zero-order valence-corrected chi connectivity index (χ0v) is 19.6. The van der Waals surface area contributed by atoms with Crippen LogP contribution in [-0.4, -0.2) is 29.0 Å². The summed E-state index contributed by atoms with van der Waals surface area (Å²) in [6.45, 7) is 0. The van der Waals surface area contributed by atoms with Crippen LogP contribution < -0.4 is 14.8 Å². The van der Waals surface area contributed by atoms with Crippen LogP contribution in [0.4, 0.5) is 17.1 Å². The van der Waals surface area contributed by atoms with Gasteiger partial charge < -0.3 is 5.32 Å². The minimum Gasteiger partial charge on any atom is -0.322 e. The molecule has 168 valence electrons. The van der Waals surface area contributed by atoms with E-state index >= 15 is 0 Å². The van der Waals surface area contributed by atoms with Crippen LogP contribution in [0.25, 0.3) is 0 Å². The molecule has 0 heterocycles. The quantitative estimate of drug-likeness (QED) is 0.431. The number of sulfonamides is 2. The third kappa shape index (κ3) is 6.13. The fourth-order valence-corrected chi connectivity index (χ4v) is 4.83. The van der Waals surface area contributed by atoms with Gasteiger partial charge in [-0.3, -0.25) is 14.2 Å². The van der Waals surface area contributed by atoms with Crippen molar-refractivity contribution in [2.24, 2.45) is 0 Å². The molecule has 0 saturated heterocycles. The van der Waals surface area contributed by atoms with Crippen LogP contribution in [0, 0.1) is 0 Å². The molecule has 1 amide bonds. The minimum absolute atomic E-state index is 0.0549. The molecule has 0 saturated carbocycles. The van der Waals surface area contributed by atoms with Crippen molar-refractivity contribution in [3.8, 4) is 0 Å². The van der Waals surface area contributed by atoms with E-state index in [2.05, 4.69) is 14.8 Å². The van der Waals surface area contributed by atoms with Crippen molar-refractivity contribution < 1.29 is 21.6 Å². The first-order chi connectivity index (χ1) is 14.9. The van der Waals surface area contributed by atoms with Crippen LogP contribution in [0.1, 0.15) is 10.4 Å². The Morgan fingerprint density at radius 2 is 1.47 bits per heavy atom. The number of para-hydroxylation sites is 1. The van der Waals surface area contributed by atoms with Gasteiger partial charge in [0.1, 0.15) is 0 Å². The van der Waals surface area contributed by atoms with Gasteiger partial charge in [-0.2, -0.15) is 0 Å². The molecule has 0 fully saturated rings. The van der Waals surface area contributed by atoms with E-state index in [4.69, 9.17) is 23.2 Å². The third-order valence-corrected chi connectivity index (χ3v) is 6.58. The standard InChI is InChI=1S/C20H17Cl2N3O5S2/c1-31(27,28)24-18-5-3-2-4-16(18)20(26)23-14-7-9-15(10-8-14)32(29,30)25-19-11-6-13(21)12-17(19)22/h2-12,24-25H,1H3,(H,23,26). The molecule has 0 spiro atoms. The van der Waals surface area contributed by atoms with Gasteiger partial charge in [0.25, 0.3) is 15.9 Å². The molecule has 0 radical (unpaired) electrons. The van der Waals surface area contributed by atoms with Crippen molar-refractivity contribution in [2.45, 2.75) is 4.90 Å². The summed E-state index contributed by atoms with van der Waals surface area (Å²) in [6.07, 6.45) is 0.978. The summed E-state index contributed by atoms with van der Waals surface area (Å²) in [5, 5.41) is 3.12. The van der Waals surface area contributed by atoms with Crippen LogP contribution in [0.3, 0.4) is 0 Å². The van der Waals surface area contributed by atoms with Crippen molar-refractivity contribution in [3.05, 3.63) is 82.3 Å². The second-order valence-corrected chi connectivity index (χ2v) is 10.9. The van der Waals surface area contributed by atoms with Gasteiger partial charge in [-0.25, -0.2) is 16.8 Å². The summed E-state index contributed by atoms with van der Waals surface area (Å²) in [6, 6.07) is 15.9. The molecule has 0 unspecified atom stereocenters. The maximum absolute atomic E-state index is 12.6. The number of amides is 1. The van der Waals surface area contributed by atoms with Gasteiger partial charge in [-0.1, -0.05) is 35.3 Å². The van der Waals surface area contributed by atoms with Gasteiger partial charge in [-0.05, 0) is 54.6 Å². The van der Waals surface area contributed by atoms with E-state index in [0.29, 0.717) is 10.7 Å². The van der Waals surface area contributed by atoms with E-state index in [-0.39, 0.29) is 26.9 Å². The van der Waals surface area contributed by atoms with E-state index in [9.17, 15) is 21.6 Å². The number of halogens is 2. The van der Waals surface area contributed by atoms with E-state index in [1.807, 2.05) is 0 Å². The zero-order chi connectivity index (χ0) is 23.5. The summed E-state index contributed by atoms with van der Waals surface area (Å²) in [5.41, 5.74) is 0.709. The van der Waals surface area contributed by atoms with Crippen LogP contribution in [0.2, 0.25) is 10.0 Å². The Balaban J connectivity index is 1.77. The normalized spacial score (nSPS) is 11.6. The SMILES string of the molecule is CS(=O)(=O)Nc1ccccc1C(=O)Nc1ccc(S(=O)(=O)Nc2ccc(Cl)cc2Cl)cc1. The zero-order valence-electron chi connectivity index (χ0n) is 16.5. The van der Waals surface area contributed by atoms with E-state index in [0.717, 1.165) is 6.26 Å². The van der Waals surface area contributed by atoms with Crippen molar-refractivity contribution in [1.82, 2.24) is 0 Å². The Labute approximate surface area is 195 Å². The Morgan fingerprint density at radius 1 is 0.812 bits per heavy atom. The Kier molecular flexibility index (Phi) is 6.99. The number of carbonyl (C=O) groups is 1. The molecule has 12 heteroatoms. The number of benzene rings is 3. The highest BCUT2D eigenvalue weighted by atomic mass is 35.5. The number of hydrogen-bond donors (Lipinski definition) is 3. The molecular weight excluding hydrogens is 497 g/mol. The average Bonchev–Trinajstić information content (AvgIpc) is 2.69. The third-order valence-electron chi connectivity index (χ3n) is 4.06. The summed E-state index contributed by atoms with van der Waals surface area (Å²) in [5.74, 6) is -0.571. The highest BCUT2D eigenvalue weighted by Gasteiger charge is 2.17. The van der Waals surface area contributed by atoms with Gasteiger partial charge in [0.05, 0.1) is 33.1 Å². The molecule has 8 nitrogen and oxygen atoms in total. The second-order valence-electron chi connectivity index (χ2n) is 6.63. The van der Waals surface area contributed by atoms with Crippen molar-refractivity contribution >= 4 is 66.2 Å². The molecule has 0 atom stereocenters. The molecule has 3 aromatic rings. The predicted octanol–water partition coefficient (Wildman–Crippen LogP) is 4.42. The molecular formula is C20H17Cl2N3O5S2. The first-order valence-corrected chi connectivity index (χ1v) is 13.0. The lowest BCUT2D eigenvalue weighted by molar-refractivity contribution is 0.102. The number of hydrogen-bond acceptors (Lipinski definition) is 5. The van der Waals surface area contributed by atoms with Gasteiger partial charge in [-0.15, -0.1) is 0 Å². The van der Waals surface area contributed by atoms with Gasteiger partial charge in [0, 0.05) is 10.7 Å². The Hall–Kier alpha value is -2.79. The van der Waals surface area contributed by atoms with Gasteiger partial charge in [0.2, 0.25) is 10.0 Å². The van der Waals surface area contributed by atoms with Crippen LogP contribution in [-0.2, 0) is 20.0 Å². The molecule has 0 aliphatic heterocycles. The maximum atomic E-state index is 12.6. The first kappa shape index (κ1) is 23.9. The Bertz CT molecular complexity index is 1380. The van der Waals surface area contributed by atoms with Gasteiger partial charge >= 0.3 is 0 Å². The second kappa shape index (κ2) is 9.37. The van der Waals surface area contributed by atoms with Crippen LogP contribution in [0.5, 0.6) is 0 Å². The number of anilines is 3. The van der Waals surface area contributed by atoms with E-state index in [1.54, 1.807) is 12.1 Å². The monoisotopic (exact) mass is 513 g/mol. The predicted molar refractivity (Wildman–Crippen MR) is 127 cm³/mol. The molecule has 0 aliphatic carbocycles. The lowest BCUT2D eigenvalue weighted by Crippen LogP contribution is -2.17. The summed E-state index contributed by atoms with van der Waals surface area (Å²) in [4.78, 5) is 12.6. The van der Waals surface area contributed by atoms with Gasteiger partial charge in [0.15, 0.2) is 0 Å². The van der Waals surface area contributed by atoms with Crippen molar-refractivity contribution in [3.63, 3.8) is 0 Å². The summed E-state index contributed by atoms with van der Waals surface area (Å²) < 4.78 is 52.9. The van der Waals surface area contributed by atoms with E-state index in [1.165, 1.54) is 54.6 Å². The summed E-state index contributed by atoms with van der Waals surface area (Å²) >= 11 is 11.8. The molecule has 32 heavy (non-hydrogen) atoms. The molecule has 0 bridgehead atoms. The first-order valence-electron chi connectivity index (χ1n) is 8.91. The average molecular weight is 514 g/mol. The fourth-order valence-electron chi connectivity index (χ4n) is 2.66. The fraction of sp³-hybridized carbons (Fsp3) is 0.0500. The minimum atomic E-state index is -3.94. The smallest absolute Gasteiger partial charge is 0.261 e. The number of nitrogens with one attached hydrogen (secondary N) is 3. The van der Waals surface area contributed by atoms with Crippen molar-refractivity contribution in [2.75, 3.05) is 21.0 Å². The van der Waals surface area contributed by atoms with Crippen LogP contribution >= 0.6 is 23.2 Å².